The first kappa shape index (κ1) is 11.6. The Bertz CT molecular complexity index is 641. The number of carbonyl (C=O) groups is 1. The molecular weight excluding hydrogens is 256 g/mol. The minimum atomic E-state index is 0.307. The minimum absolute atomic E-state index is 0.307. The van der Waals surface area contributed by atoms with Crippen LogP contribution < -0.4 is 4.90 Å². The lowest BCUT2D eigenvalue weighted by Gasteiger charge is -2.35. The van der Waals surface area contributed by atoms with Crippen molar-refractivity contribution in [3.8, 4) is 0 Å². The van der Waals surface area contributed by atoms with Gasteiger partial charge in [0.25, 0.3) is 0 Å². The molecule has 2 aliphatic rings. The van der Waals surface area contributed by atoms with Crippen LogP contribution in [-0.4, -0.2) is 57.2 Å². The number of H-pyrrole nitrogens is 1. The average Bonchev–Trinajstić information content (AvgIpc) is 3.23. The van der Waals surface area contributed by atoms with Gasteiger partial charge in [0.05, 0.1) is 11.6 Å². The fraction of sp³-hybridized carbons (Fsp3) is 0.538. The van der Waals surface area contributed by atoms with Crippen LogP contribution >= 0.6 is 0 Å². The average molecular weight is 272 g/mol. The number of aromatic amines is 1. The Morgan fingerprint density at radius 1 is 1.20 bits per heavy atom. The molecule has 20 heavy (non-hydrogen) atoms. The third-order valence-electron chi connectivity index (χ3n) is 4.04. The van der Waals surface area contributed by atoms with Crippen molar-refractivity contribution in [2.45, 2.75) is 12.8 Å². The SMILES string of the molecule is O=C(C1CC1)N1CCN(c2ncnc3[nH]ncc23)CC1. The van der Waals surface area contributed by atoms with Crippen LogP contribution in [0.25, 0.3) is 11.0 Å². The summed E-state index contributed by atoms with van der Waals surface area (Å²) in [5, 5.41) is 7.81. The lowest BCUT2D eigenvalue weighted by molar-refractivity contribution is -0.132. The van der Waals surface area contributed by atoms with Gasteiger partial charge in [-0.25, -0.2) is 9.97 Å². The fourth-order valence-corrected chi connectivity index (χ4v) is 2.73. The van der Waals surface area contributed by atoms with Crippen molar-refractivity contribution < 1.29 is 4.79 Å². The number of fused-ring (bicyclic) bond motifs is 1. The van der Waals surface area contributed by atoms with E-state index in [1.54, 1.807) is 12.5 Å². The van der Waals surface area contributed by atoms with Crippen molar-refractivity contribution >= 4 is 22.8 Å². The van der Waals surface area contributed by atoms with Crippen molar-refractivity contribution in [1.82, 2.24) is 25.1 Å². The van der Waals surface area contributed by atoms with Crippen molar-refractivity contribution in [1.29, 1.82) is 0 Å². The quantitative estimate of drug-likeness (QED) is 0.856. The van der Waals surface area contributed by atoms with Gasteiger partial charge in [0.15, 0.2) is 5.65 Å². The normalized spacial score (nSPS) is 19.6. The third kappa shape index (κ3) is 1.90. The van der Waals surface area contributed by atoms with Gasteiger partial charge in [0.1, 0.15) is 12.1 Å². The smallest absolute Gasteiger partial charge is 0.225 e. The van der Waals surface area contributed by atoms with Crippen molar-refractivity contribution in [2.24, 2.45) is 5.92 Å². The van der Waals surface area contributed by atoms with Crippen LogP contribution in [0.5, 0.6) is 0 Å². The molecule has 2 fully saturated rings. The van der Waals surface area contributed by atoms with Gasteiger partial charge in [0, 0.05) is 32.1 Å². The van der Waals surface area contributed by atoms with Gasteiger partial charge in [-0.3, -0.25) is 9.89 Å². The summed E-state index contributed by atoms with van der Waals surface area (Å²) in [5.41, 5.74) is 0.756. The maximum Gasteiger partial charge on any atom is 0.225 e. The summed E-state index contributed by atoms with van der Waals surface area (Å²) in [6.45, 7) is 3.18. The van der Waals surface area contributed by atoms with E-state index in [-0.39, 0.29) is 0 Å². The van der Waals surface area contributed by atoms with Crippen molar-refractivity contribution in [3.05, 3.63) is 12.5 Å². The molecule has 0 unspecified atom stereocenters. The second kappa shape index (κ2) is 4.43. The standard InChI is InChI=1S/C13H16N6O/c20-13(9-1-2-9)19-5-3-18(4-6-19)12-10-7-16-17-11(10)14-8-15-12/h7-9H,1-6H2,(H,14,15,16,17). The number of aromatic nitrogens is 4. The Morgan fingerprint density at radius 2 is 2.00 bits per heavy atom. The molecule has 0 radical (unpaired) electrons. The summed E-state index contributed by atoms with van der Waals surface area (Å²) in [7, 11) is 0. The first-order valence-corrected chi connectivity index (χ1v) is 7.01. The van der Waals surface area contributed by atoms with Crippen LogP contribution in [0.2, 0.25) is 0 Å². The molecule has 0 atom stereocenters. The van der Waals surface area contributed by atoms with Crippen LogP contribution in [0, 0.1) is 5.92 Å². The van der Waals surface area contributed by atoms with Gasteiger partial charge >= 0.3 is 0 Å². The molecule has 1 aliphatic carbocycles. The Kier molecular flexibility index (Phi) is 2.58. The summed E-state index contributed by atoms with van der Waals surface area (Å²) in [5.74, 6) is 1.55. The largest absolute Gasteiger partial charge is 0.352 e. The molecule has 3 heterocycles. The molecule has 0 spiro atoms. The monoisotopic (exact) mass is 272 g/mol. The molecule has 0 bridgehead atoms. The zero-order valence-corrected chi connectivity index (χ0v) is 11.1. The number of hydrogen-bond donors (Lipinski definition) is 1. The highest BCUT2D eigenvalue weighted by Gasteiger charge is 2.34. The second-order valence-corrected chi connectivity index (χ2v) is 5.42. The Morgan fingerprint density at radius 3 is 2.75 bits per heavy atom. The van der Waals surface area contributed by atoms with E-state index in [1.807, 2.05) is 4.90 Å². The number of rotatable bonds is 2. The highest BCUT2D eigenvalue weighted by molar-refractivity contribution is 5.86. The highest BCUT2D eigenvalue weighted by Crippen LogP contribution is 2.31. The van der Waals surface area contributed by atoms with E-state index in [9.17, 15) is 4.79 Å². The summed E-state index contributed by atoms with van der Waals surface area (Å²) >= 11 is 0. The maximum atomic E-state index is 12.0. The fourth-order valence-electron chi connectivity index (χ4n) is 2.73. The number of nitrogens with zero attached hydrogens (tertiary/aromatic N) is 5. The lowest BCUT2D eigenvalue weighted by atomic mass is 10.2. The van der Waals surface area contributed by atoms with Crippen molar-refractivity contribution in [3.63, 3.8) is 0 Å². The summed E-state index contributed by atoms with van der Waals surface area (Å²) < 4.78 is 0. The van der Waals surface area contributed by atoms with Gasteiger partial charge in [-0.2, -0.15) is 5.10 Å². The van der Waals surface area contributed by atoms with E-state index in [0.29, 0.717) is 11.8 Å². The van der Waals surface area contributed by atoms with Gasteiger partial charge in [-0.05, 0) is 12.8 Å². The number of nitrogens with one attached hydrogen (secondary N) is 1. The molecule has 104 valence electrons. The predicted octanol–water partition coefficient (Wildman–Crippen LogP) is 0.411. The van der Waals surface area contributed by atoms with Crippen LogP contribution in [0.3, 0.4) is 0 Å². The molecule has 1 N–H and O–H groups in total. The molecular formula is C13H16N6O. The molecule has 7 heteroatoms. The summed E-state index contributed by atoms with van der Waals surface area (Å²) in [6, 6.07) is 0. The first-order valence-electron chi connectivity index (χ1n) is 7.01. The molecule has 0 aromatic carbocycles. The van der Waals surface area contributed by atoms with E-state index in [0.717, 1.165) is 55.9 Å². The lowest BCUT2D eigenvalue weighted by Crippen LogP contribution is -2.49. The van der Waals surface area contributed by atoms with Crippen LogP contribution in [0.1, 0.15) is 12.8 Å². The van der Waals surface area contributed by atoms with Gasteiger partial charge in [-0.15, -0.1) is 0 Å². The van der Waals surface area contributed by atoms with Crippen LogP contribution in [0.15, 0.2) is 12.5 Å². The second-order valence-electron chi connectivity index (χ2n) is 5.42. The van der Waals surface area contributed by atoms with E-state index in [4.69, 9.17) is 0 Å². The molecule has 4 rings (SSSR count). The topological polar surface area (TPSA) is 78.0 Å². The van der Waals surface area contributed by atoms with E-state index in [2.05, 4.69) is 25.1 Å². The molecule has 1 saturated carbocycles. The Balaban J connectivity index is 1.51. The zero-order valence-electron chi connectivity index (χ0n) is 11.1. The van der Waals surface area contributed by atoms with Gasteiger partial charge < -0.3 is 9.80 Å². The molecule has 7 nitrogen and oxygen atoms in total. The minimum Gasteiger partial charge on any atom is -0.352 e. The number of carbonyl (C=O) groups excluding carboxylic acids is 1. The third-order valence-corrected chi connectivity index (χ3v) is 4.04. The van der Waals surface area contributed by atoms with E-state index in [1.165, 1.54) is 0 Å². The highest BCUT2D eigenvalue weighted by atomic mass is 16.2. The molecule has 1 saturated heterocycles. The molecule has 1 amide bonds. The van der Waals surface area contributed by atoms with Crippen LogP contribution in [0.4, 0.5) is 5.82 Å². The number of piperazine rings is 1. The summed E-state index contributed by atoms with van der Waals surface area (Å²) in [4.78, 5) is 24.8. The maximum absolute atomic E-state index is 12.0. The Hall–Kier alpha value is -2.18. The van der Waals surface area contributed by atoms with E-state index >= 15 is 0 Å². The first-order chi connectivity index (χ1) is 9.83. The molecule has 1 aliphatic heterocycles. The van der Waals surface area contributed by atoms with Gasteiger partial charge in [-0.1, -0.05) is 0 Å². The number of amides is 1. The molecule has 2 aromatic heterocycles. The van der Waals surface area contributed by atoms with E-state index < -0.39 is 0 Å². The predicted molar refractivity (Wildman–Crippen MR) is 73.2 cm³/mol. The van der Waals surface area contributed by atoms with Crippen molar-refractivity contribution in [2.75, 3.05) is 31.1 Å². The zero-order chi connectivity index (χ0) is 13.5. The Labute approximate surface area is 116 Å². The number of anilines is 1. The summed E-state index contributed by atoms with van der Waals surface area (Å²) in [6.07, 6.45) is 5.45. The number of hydrogen-bond acceptors (Lipinski definition) is 5. The molecule has 2 aromatic rings. The van der Waals surface area contributed by atoms with Crippen LogP contribution in [-0.2, 0) is 4.79 Å². The van der Waals surface area contributed by atoms with Gasteiger partial charge in [0.2, 0.25) is 5.91 Å².